The lowest BCUT2D eigenvalue weighted by molar-refractivity contribution is -0.121. The van der Waals surface area contributed by atoms with Crippen molar-refractivity contribution in [3.05, 3.63) is 47.2 Å². The molecule has 2 heteroatoms. The van der Waals surface area contributed by atoms with Crippen LogP contribution in [0.2, 0.25) is 0 Å². The van der Waals surface area contributed by atoms with E-state index >= 15 is 0 Å². The zero-order valence-corrected chi connectivity index (χ0v) is 11.2. The minimum atomic E-state index is -0.0937. The fraction of sp³-hybridized carbons (Fsp3) is 0.438. The van der Waals surface area contributed by atoms with Gasteiger partial charge in [-0.3, -0.25) is 4.79 Å². The minimum Gasteiger partial charge on any atom is -0.512 e. The molecule has 0 fully saturated rings. The molecule has 1 unspecified atom stereocenters. The maximum atomic E-state index is 12.3. The van der Waals surface area contributed by atoms with Crippen molar-refractivity contribution in [2.24, 2.45) is 11.3 Å². The highest BCUT2D eigenvalue weighted by Crippen LogP contribution is 2.39. The van der Waals surface area contributed by atoms with Crippen LogP contribution in [0.4, 0.5) is 0 Å². The number of hydrogen-bond donors (Lipinski definition) is 1. The van der Waals surface area contributed by atoms with Gasteiger partial charge in [0.2, 0.25) is 0 Å². The summed E-state index contributed by atoms with van der Waals surface area (Å²) < 4.78 is 0. The molecular formula is C16H20O2. The number of Topliss-reactive ketones (excluding diaryl/α,β-unsaturated/α-hetero) is 1. The molecular weight excluding hydrogens is 224 g/mol. The molecule has 96 valence electrons. The molecule has 1 atom stereocenters. The third-order valence-electron chi connectivity index (χ3n) is 3.63. The van der Waals surface area contributed by atoms with E-state index < -0.39 is 0 Å². The van der Waals surface area contributed by atoms with Crippen LogP contribution in [0.25, 0.3) is 0 Å². The summed E-state index contributed by atoms with van der Waals surface area (Å²) in [6.07, 6.45) is 1.03. The molecule has 0 aliphatic heterocycles. The van der Waals surface area contributed by atoms with Crippen molar-refractivity contribution in [3.8, 4) is 0 Å². The summed E-state index contributed by atoms with van der Waals surface area (Å²) in [5.74, 6) is 0.309. The molecule has 0 saturated carbocycles. The normalized spacial score (nSPS) is 20.6. The molecule has 1 N–H and O–H groups in total. The first kappa shape index (κ1) is 12.9. The number of hydrogen-bond acceptors (Lipinski definition) is 2. The predicted molar refractivity (Wildman–Crippen MR) is 72.4 cm³/mol. The van der Waals surface area contributed by atoms with Gasteiger partial charge in [0.25, 0.3) is 0 Å². The average Bonchev–Trinajstić information content (AvgIpc) is 2.58. The van der Waals surface area contributed by atoms with Crippen molar-refractivity contribution in [1.82, 2.24) is 0 Å². The van der Waals surface area contributed by atoms with Crippen molar-refractivity contribution < 1.29 is 9.90 Å². The Labute approximate surface area is 108 Å². The van der Waals surface area contributed by atoms with E-state index in [0.29, 0.717) is 18.4 Å². The zero-order chi connectivity index (χ0) is 13.3. The Balaban J connectivity index is 2.20. The molecule has 2 nitrogen and oxygen atoms in total. The second-order valence-corrected chi connectivity index (χ2v) is 6.07. The Morgan fingerprint density at radius 1 is 1.22 bits per heavy atom. The zero-order valence-electron chi connectivity index (χ0n) is 11.2. The second-order valence-electron chi connectivity index (χ2n) is 6.07. The molecule has 0 radical (unpaired) electrons. The van der Waals surface area contributed by atoms with E-state index in [1.165, 1.54) is 0 Å². The Bertz CT molecular complexity index is 478. The number of carbonyl (C=O) groups excluding carboxylic acids is 1. The van der Waals surface area contributed by atoms with Crippen molar-refractivity contribution in [2.45, 2.75) is 33.6 Å². The Hall–Kier alpha value is -1.57. The van der Waals surface area contributed by atoms with E-state index in [-0.39, 0.29) is 22.9 Å². The highest BCUT2D eigenvalue weighted by Gasteiger charge is 2.39. The van der Waals surface area contributed by atoms with Crippen LogP contribution in [-0.4, -0.2) is 10.9 Å². The topological polar surface area (TPSA) is 37.3 Å². The quantitative estimate of drug-likeness (QED) is 0.861. The van der Waals surface area contributed by atoms with Gasteiger partial charge >= 0.3 is 0 Å². The molecule has 1 aliphatic carbocycles. The standard InChI is InChI=1S/C16H20O2/c1-16(2,3)13-10-14(17)12(15(13)18)9-11-7-5-4-6-8-11/h4-8,13,17H,9-10H2,1-3H3. The van der Waals surface area contributed by atoms with E-state index in [1.54, 1.807) is 0 Å². The van der Waals surface area contributed by atoms with Gasteiger partial charge in [-0.05, 0) is 11.0 Å². The molecule has 0 aromatic heterocycles. The SMILES string of the molecule is CC(C)(C)C1CC(O)=C(Cc2ccccc2)C1=O. The third kappa shape index (κ3) is 2.47. The lowest BCUT2D eigenvalue weighted by atomic mass is 9.78. The average molecular weight is 244 g/mol. The van der Waals surface area contributed by atoms with Gasteiger partial charge in [0.05, 0.1) is 0 Å². The van der Waals surface area contributed by atoms with Crippen LogP contribution < -0.4 is 0 Å². The molecule has 1 aromatic rings. The smallest absolute Gasteiger partial charge is 0.166 e. The largest absolute Gasteiger partial charge is 0.512 e. The van der Waals surface area contributed by atoms with E-state index in [4.69, 9.17) is 0 Å². The van der Waals surface area contributed by atoms with Crippen LogP contribution in [0.15, 0.2) is 41.7 Å². The van der Waals surface area contributed by atoms with E-state index in [1.807, 2.05) is 51.1 Å². The fourth-order valence-electron chi connectivity index (χ4n) is 2.45. The molecule has 2 rings (SSSR count). The first-order chi connectivity index (χ1) is 8.39. The number of benzene rings is 1. The third-order valence-corrected chi connectivity index (χ3v) is 3.63. The van der Waals surface area contributed by atoms with Gasteiger partial charge in [-0.25, -0.2) is 0 Å². The van der Waals surface area contributed by atoms with Gasteiger partial charge in [-0.2, -0.15) is 0 Å². The molecule has 1 aromatic carbocycles. The molecule has 0 heterocycles. The van der Waals surface area contributed by atoms with Crippen LogP contribution >= 0.6 is 0 Å². The summed E-state index contributed by atoms with van der Waals surface area (Å²) in [5, 5.41) is 10.0. The molecule has 0 bridgehead atoms. The second kappa shape index (κ2) is 4.60. The van der Waals surface area contributed by atoms with E-state index in [0.717, 1.165) is 5.56 Å². The number of carbonyl (C=O) groups is 1. The molecule has 18 heavy (non-hydrogen) atoms. The number of ketones is 1. The maximum absolute atomic E-state index is 12.3. The minimum absolute atomic E-state index is 0.0868. The Kier molecular flexibility index (Phi) is 3.29. The van der Waals surface area contributed by atoms with Gasteiger partial charge in [0, 0.05) is 24.3 Å². The van der Waals surface area contributed by atoms with Crippen LogP contribution in [0, 0.1) is 11.3 Å². The molecule has 1 aliphatic rings. The summed E-state index contributed by atoms with van der Waals surface area (Å²) in [5.41, 5.74) is 1.58. The van der Waals surface area contributed by atoms with Crippen molar-refractivity contribution in [1.29, 1.82) is 0 Å². The van der Waals surface area contributed by atoms with Crippen LogP contribution in [-0.2, 0) is 11.2 Å². The highest BCUT2D eigenvalue weighted by atomic mass is 16.3. The molecule has 0 saturated heterocycles. The van der Waals surface area contributed by atoms with Crippen molar-refractivity contribution in [2.75, 3.05) is 0 Å². The molecule has 0 amide bonds. The van der Waals surface area contributed by atoms with E-state index in [9.17, 15) is 9.90 Å². The number of aliphatic hydroxyl groups is 1. The number of aliphatic hydroxyl groups excluding tert-OH is 1. The van der Waals surface area contributed by atoms with Crippen LogP contribution in [0.5, 0.6) is 0 Å². The molecule has 0 spiro atoms. The first-order valence-corrected chi connectivity index (χ1v) is 6.38. The highest BCUT2D eigenvalue weighted by molar-refractivity contribution is 6.00. The van der Waals surface area contributed by atoms with Crippen molar-refractivity contribution >= 4 is 5.78 Å². The predicted octanol–water partition coefficient (Wildman–Crippen LogP) is 3.68. The first-order valence-electron chi connectivity index (χ1n) is 6.38. The van der Waals surface area contributed by atoms with Crippen molar-refractivity contribution in [3.63, 3.8) is 0 Å². The number of allylic oxidation sites excluding steroid dienone is 2. The summed E-state index contributed by atoms with van der Waals surface area (Å²) in [6, 6.07) is 9.82. The lowest BCUT2D eigenvalue weighted by Crippen LogP contribution is -2.26. The van der Waals surface area contributed by atoms with Crippen LogP contribution in [0.3, 0.4) is 0 Å². The van der Waals surface area contributed by atoms with E-state index in [2.05, 4.69) is 0 Å². The monoisotopic (exact) mass is 244 g/mol. The fourth-order valence-corrected chi connectivity index (χ4v) is 2.45. The van der Waals surface area contributed by atoms with Gasteiger partial charge < -0.3 is 5.11 Å². The summed E-state index contributed by atoms with van der Waals surface area (Å²) in [6.45, 7) is 6.15. The van der Waals surface area contributed by atoms with Crippen LogP contribution in [0.1, 0.15) is 32.8 Å². The van der Waals surface area contributed by atoms with Gasteiger partial charge in [-0.1, -0.05) is 51.1 Å². The number of rotatable bonds is 2. The Morgan fingerprint density at radius 3 is 2.33 bits per heavy atom. The summed E-state index contributed by atoms with van der Waals surface area (Å²) >= 11 is 0. The maximum Gasteiger partial charge on any atom is 0.166 e. The van der Waals surface area contributed by atoms with Gasteiger partial charge in [0.15, 0.2) is 5.78 Å². The lowest BCUT2D eigenvalue weighted by Gasteiger charge is -2.25. The van der Waals surface area contributed by atoms with Gasteiger partial charge in [-0.15, -0.1) is 0 Å². The summed E-state index contributed by atoms with van der Waals surface area (Å²) in [4.78, 5) is 12.3. The Morgan fingerprint density at radius 2 is 1.83 bits per heavy atom. The summed E-state index contributed by atoms with van der Waals surface area (Å²) in [7, 11) is 0. The van der Waals surface area contributed by atoms with Gasteiger partial charge in [0.1, 0.15) is 5.76 Å².